The van der Waals surface area contributed by atoms with Gasteiger partial charge in [-0.25, -0.2) is 0 Å². The van der Waals surface area contributed by atoms with E-state index in [-0.39, 0.29) is 12.5 Å². The lowest BCUT2D eigenvalue weighted by molar-refractivity contribution is 0.0891. The average Bonchev–Trinajstić information content (AvgIpc) is 2.45. The summed E-state index contributed by atoms with van der Waals surface area (Å²) in [4.78, 5) is 12.0. The van der Waals surface area contributed by atoms with Gasteiger partial charge in [0.1, 0.15) is 10.8 Å². The number of aliphatic hydroxyl groups is 1. The summed E-state index contributed by atoms with van der Waals surface area (Å²) in [5.74, 6) is -0.264. The van der Waals surface area contributed by atoms with Crippen LogP contribution in [0.5, 0.6) is 0 Å². The first-order valence-corrected chi connectivity index (χ1v) is 5.98. The molecule has 0 aliphatic heterocycles. The van der Waals surface area contributed by atoms with E-state index in [2.05, 4.69) is 5.32 Å². The Morgan fingerprint density at radius 1 is 1.53 bits per heavy atom. The van der Waals surface area contributed by atoms with E-state index < -0.39 is 5.54 Å². The van der Waals surface area contributed by atoms with E-state index in [1.807, 2.05) is 13.8 Å². The number of rotatable bonds is 4. The highest BCUT2D eigenvalue weighted by atomic mass is 35.5. The molecule has 1 amide bonds. The van der Waals surface area contributed by atoms with Gasteiger partial charge in [0.05, 0.1) is 5.02 Å². The number of halogens is 2. The summed E-state index contributed by atoms with van der Waals surface area (Å²) < 4.78 is 1.52. The van der Waals surface area contributed by atoms with Gasteiger partial charge in [-0.2, -0.15) is 0 Å². The highest BCUT2D eigenvalue weighted by Crippen LogP contribution is 2.25. The standard InChI is InChI=1S/C11H16Cl2N2O2/c1-11(2,4-5-16)14-10(17)8-6-7(12)9(13)15(8)3/h6,16H,4-5H2,1-3H3,(H,14,17). The van der Waals surface area contributed by atoms with E-state index in [0.717, 1.165) is 0 Å². The SMILES string of the molecule is Cn1c(C(=O)NC(C)(C)CCO)cc(Cl)c1Cl. The second-order valence-electron chi connectivity index (χ2n) is 4.54. The molecule has 0 aliphatic rings. The summed E-state index contributed by atoms with van der Waals surface area (Å²) in [6, 6.07) is 1.52. The van der Waals surface area contributed by atoms with Crippen LogP contribution in [0.3, 0.4) is 0 Å². The molecular weight excluding hydrogens is 263 g/mol. The van der Waals surface area contributed by atoms with Gasteiger partial charge >= 0.3 is 0 Å². The fraction of sp³-hybridized carbons (Fsp3) is 0.545. The Kier molecular flexibility index (Phi) is 4.47. The molecule has 0 spiro atoms. The van der Waals surface area contributed by atoms with Crippen molar-refractivity contribution in [1.29, 1.82) is 0 Å². The normalized spacial score (nSPS) is 11.6. The van der Waals surface area contributed by atoms with Gasteiger partial charge < -0.3 is 15.0 Å². The number of carbonyl (C=O) groups excluding carboxylic acids is 1. The van der Waals surface area contributed by atoms with Gasteiger partial charge in [-0.15, -0.1) is 0 Å². The first-order chi connectivity index (χ1) is 7.78. The molecule has 1 aromatic rings. The van der Waals surface area contributed by atoms with E-state index in [0.29, 0.717) is 22.3 Å². The van der Waals surface area contributed by atoms with Crippen LogP contribution in [0.15, 0.2) is 6.07 Å². The Morgan fingerprint density at radius 2 is 2.12 bits per heavy atom. The summed E-state index contributed by atoms with van der Waals surface area (Å²) in [5.41, 5.74) is -0.0827. The summed E-state index contributed by atoms with van der Waals surface area (Å²) in [6.07, 6.45) is 0.477. The summed E-state index contributed by atoms with van der Waals surface area (Å²) >= 11 is 11.7. The number of aliphatic hydroxyl groups excluding tert-OH is 1. The van der Waals surface area contributed by atoms with Gasteiger partial charge in [0.15, 0.2) is 0 Å². The third-order valence-corrected chi connectivity index (χ3v) is 3.38. The van der Waals surface area contributed by atoms with E-state index in [1.165, 1.54) is 10.6 Å². The zero-order valence-corrected chi connectivity index (χ0v) is 11.6. The lowest BCUT2D eigenvalue weighted by Crippen LogP contribution is -2.44. The van der Waals surface area contributed by atoms with Gasteiger partial charge in [0.2, 0.25) is 0 Å². The second-order valence-corrected chi connectivity index (χ2v) is 5.30. The Bertz CT molecular complexity index is 427. The molecule has 96 valence electrons. The monoisotopic (exact) mass is 278 g/mol. The van der Waals surface area contributed by atoms with Crippen LogP contribution in [0.25, 0.3) is 0 Å². The fourth-order valence-corrected chi connectivity index (χ4v) is 1.85. The minimum Gasteiger partial charge on any atom is -0.396 e. The molecule has 17 heavy (non-hydrogen) atoms. The van der Waals surface area contributed by atoms with Crippen molar-refractivity contribution in [3.05, 3.63) is 21.9 Å². The average molecular weight is 279 g/mol. The van der Waals surface area contributed by atoms with E-state index in [9.17, 15) is 4.79 Å². The molecule has 0 aliphatic carbocycles. The predicted octanol–water partition coefficient (Wildman–Crippen LogP) is 2.22. The molecule has 2 N–H and O–H groups in total. The second kappa shape index (κ2) is 5.29. The molecule has 1 heterocycles. The van der Waals surface area contributed by atoms with Crippen LogP contribution < -0.4 is 5.32 Å². The zero-order chi connectivity index (χ0) is 13.2. The molecular formula is C11H16Cl2N2O2. The molecule has 0 saturated heterocycles. The van der Waals surface area contributed by atoms with Gasteiger partial charge in [-0.3, -0.25) is 4.79 Å². The van der Waals surface area contributed by atoms with Crippen molar-refractivity contribution in [3.8, 4) is 0 Å². The Morgan fingerprint density at radius 3 is 2.53 bits per heavy atom. The number of hydrogen-bond acceptors (Lipinski definition) is 2. The molecule has 0 aromatic carbocycles. The molecule has 0 bridgehead atoms. The number of nitrogens with zero attached hydrogens (tertiary/aromatic N) is 1. The maximum Gasteiger partial charge on any atom is 0.268 e. The van der Waals surface area contributed by atoms with Crippen molar-refractivity contribution in [1.82, 2.24) is 9.88 Å². The van der Waals surface area contributed by atoms with Crippen LogP contribution in [-0.4, -0.2) is 27.7 Å². The van der Waals surface area contributed by atoms with Crippen molar-refractivity contribution >= 4 is 29.1 Å². The number of amides is 1. The van der Waals surface area contributed by atoms with Crippen LogP contribution in [0.2, 0.25) is 10.2 Å². The first-order valence-electron chi connectivity index (χ1n) is 5.22. The number of nitrogens with one attached hydrogen (secondary N) is 1. The smallest absolute Gasteiger partial charge is 0.268 e. The molecule has 0 unspecified atom stereocenters. The third kappa shape index (κ3) is 3.37. The minimum atomic E-state index is -0.477. The molecule has 6 heteroatoms. The highest BCUT2D eigenvalue weighted by Gasteiger charge is 2.23. The third-order valence-electron chi connectivity index (χ3n) is 2.54. The molecule has 4 nitrogen and oxygen atoms in total. The van der Waals surface area contributed by atoms with E-state index >= 15 is 0 Å². The quantitative estimate of drug-likeness (QED) is 0.888. The Labute approximate surface area is 111 Å². The molecule has 0 saturated carbocycles. The van der Waals surface area contributed by atoms with E-state index in [1.54, 1.807) is 7.05 Å². The Balaban J connectivity index is 2.87. The molecule has 1 aromatic heterocycles. The molecule has 0 fully saturated rings. The topological polar surface area (TPSA) is 54.3 Å². The molecule has 0 radical (unpaired) electrons. The zero-order valence-electron chi connectivity index (χ0n) is 10.1. The largest absolute Gasteiger partial charge is 0.396 e. The number of hydrogen-bond donors (Lipinski definition) is 2. The predicted molar refractivity (Wildman–Crippen MR) is 68.7 cm³/mol. The van der Waals surface area contributed by atoms with Crippen molar-refractivity contribution in [2.24, 2.45) is 7.05 Å². The number of carbonyl (C=O) groups is 1. The van der Waals surface area contributed by atoms with Crippen molar-refractivity contribution in [3.63, 3.8) is 0 Å². The van der Waals surface area contributed by atoms with Gasteiger partial charge in [-0.1, -0.05) is 23.2 Å². The number of aromatic nitrogens is 1. The van der Waals surface area contributed by atoms with Gasteiger partial charge in [-0.05, 0) is 26.3 Å². The van der Waals surface area contributed by atoms with Crippen molar-refractivity contribution in [2.75, 3.05) is 6.61 Å². The van der Waals surface area contributed by atoms with Crippen LogP contribution in [-0.2, 0) is 7.05 Å². The highest BCUT2D eigenvalue weighted by molar-refractivity contribution is 6.41. The van der Waals surface area contributed by atoms with Gasteiger partial charge in [0, 0.05) is 19.2 Å². The fourth-order valence-electron chi connectivity index (χ4n) is 1.47. The maximum absolute atomic E-state index is 12.0. The lowest BCUT2D eigenvalue weighted by Gasteiger charge is -2.25. The van der Waals surface area contributed by atoms with Crippen LogP contribution in [0.1, 0.15) is 30.8 Å². The summed E-state index contributed by atoms with van der Waals surface area (Å²) in [5, 5.41) is 12.4. The lowest BCUT2D eigenvalue weighted by atomic mass is 10.0. The van der Waals surface area contributed by atoms with E-state index in [4.69, 9.17) is 28.3 Å². The first kappa shape index (κ1) is 14.4. The Hall–Kier alpha value is -0.710. The van der Waals surface area contributed by atoms with Crippen LogP contribution in [0.4, 0.5) is 0 Å². The van der Waals surface area contributed by atoms with Crippen LogP contribution >= 0.6 is 23.2 Å². The summed E-state index contributed by atoms with van der Waals surface area (Å²) in [6.45, 7) is 3.70. The minimum absolute atomic E-state index is 0.0158. The molecule has 1 rings (SSSR count). The molecule has 0 atom stereocenters. The van der Waals surface area contributed by atoms with Crippen molar-refractivity contribution in [2.45, 2.75) is 25.8 Å². The van der Waals surface area contributed by atoms with Gasteiger partial charge in [0.25, 0.3) is 5.91 Å². The maximum atomic E-state index is 12.0. The van der Waals surface area contributed by atoms with Crippen molar-refractivity contribution < 1.29 is 9.90 Å². The summed E-state index contributed by atoms with van der Waals surface area (Å²) in [7, 11) is 1.67. The van der Waals surface area contributed by atoms with Crippen LogP contribution in [0, 0.1) is 0 Å².